The Bertz CT molecular complexity index is 495. The van der Waals surface area contributed by atoms with Crippen LogP contribution in [0, 0.1) is 5.92 Å². The minimum absolute atomic E-state index is 0.0163. The van der Waals surface area contributed by atoms with E-state index in [0.717, 1.165) is 32.0 Å². The van der Waals surface area contributed by atoms with Crippen molar-refractivity contribution in [3.8, 4) is 0 Å². The minimum Gasteiger partial charge on any atom is -0.369 e. The average Bonchev–Trinajstić information content (AvgIpc) is 3.30. The number of nitrogens with two attached hydrogens (primary N) is 1. The molecule has 1 aromatic carbocycles. The lowest BCUT2D eigenvalue weighted by Gasteiger charge is -2.38. The summed E-state index contributed by atoms with van der Waals surface area (Å²) in [6.45, 7) is 3.92. The molecule has 4 heteroatoms. The fourth-order valence-electron chi connectivity index (χ4n) is 3.05. The largest absolute Gasteiger partial charge is 0.369 e. The summed E-state index contributed by atoms with van der Waals surface area (Å²) in [4.78, 5) is 13.8. The molecule has 21 heavy (non-hydrogen) atoms. The van der Waals surface area contributed by atoms with Gasteiger partial charge in [-0.15, -0.1) is 0 Å². The molecule has 114 valence electrons. The third-order valence-corrected chi connectivity index (χ3v) is 4.72. The van der Waals surface area contributed by atoms with Gasteiger partial charge in [-0.1, -0.05) is 12.1 Å². The van der Waals surface area contributed by atoms with E-state index in [2.05, 4.69) is 41.4 Å². The smallest absolute Gasteiger partial charge is 0.222 e. The SMILES string of the molecule is CC1CCC(C(N)=O)CN1c1ccc(CNC2CC2)cc1. The highest BCUT2D eigenvalue weighted by Crippen LogP contribution is 2.28. The van der Waals surface area contributed by atoms with Crippen LogP contribution in [0.4, 0.5) is 5.69 Å². The molecular formula is C17H25N3O. The first-order valence-electron chi connectivity index (χ1n) is 8.02. The zero-order chi connectivity index (χ0) is 14.8. The number of carbonyl (C=O) groups excluding carboxylic acids is 1. The van der Waals surface area contributed by atoms with Gasteiger partial charge in [0, 0.05) is 30.9 Å². The molecule has 1 aromatic rings. The Balaban J connectivity index is 1.64. The molecule has 1 amide bonds. The summed E-state index contributed by atoms with van der Waals surface area (Å²) in [6, 6.07) is 9.92. The second kappa shape index (κ2) is 6.06. The van der Waals surface area contributed by atoms with Gasteiger partial charge in [-0.3, -0.25) is 4.79 Å². The van der Waals surface area contributed by atoms with Gasteiger partial charge < -0.3 is 16.0 Å². The molecule has 4 nitrogen and oxygen atoms in total. The van der Waals surface area contributed by atoms with Crippen molar-refractivity contribution in [2.24, 2.45) is 11.7 Å². The van der Waals surface area contributed by atoms with Crippen molar-refractivity contribution in [3.63, 3.8) is 0 Å². The monoisotopic (exact) mass is 287 g/mol. The number of nitrogens with zero attached hydrogens (tertiary/aromatic N) is 1. The maximum absolute atomic E-state index is 11.4. The van der Waals surface area contributed by atoms with Crippen LogP contribution < -0.4 is 16.0 Å². The second-order valence-electron chi connectivity index (χ2n) is 6.50. The van der Waals surface area contributed by atoms with Gasteiger partial charge in [0.05, 0.1) is 5.92 Å². The number of anilines is 1. The van der Waals surface area contributed by atoms with Crippen LogP contribution in [0.3, 0.4) is 0 Å². The number of piperidine rings is 1. The number of nitrogens with one attached hydrogen (secondary N) is 1. The molecule has 3 rings (SSSR count). The van der Waals surface area contributed by atoms with Gasteiger partial charge in [-0.2, -0.15) is 0 Å². The summed E-state index contributed by atoms with van der Waals surface area (Å²) in [5.41, 5.74) is 8.00. The Hall–Kier alpha value is -1.55. The Kier molecular flexibility index (Phi) is 4.15. The van der Waals surface area contributed by atoms with E-state index in [4.69, 9.17) is 5.73 Å². The van der Waals surface area contributed by atoms with E-state index in [9.17, 15) is 4.79 Å². The molecule has 1 aliphatic heterocycles. The van der Waals surface area contributed by atoms with Crippen molar-refractivity contribution in [2.45, 2.75) is 51.2 Å². The van der Waals surface area contributed by atoms with Crippen molar-refractivity contribution in [1.29, 1.82) is 0 Å². The van der Waals surface area contributed by atoms with Crippen molar-refractivity contribution in [1.82, 2.24) is 5.32 Å². The van der Waals surface area contributed by atoms with Gasteiger partial charge in [-0.25, -0.2) is 0 Å². The molecular weight excluding hydrogens is 262 g/mol. The van der Waals surface area contributed by atoms with E-state index in [1.54, 1.807) is 0 Å². The lowest BCUT2D eigenvalue weighted by molar-refractivity contribution is -0.122. The Morgan fingerprint density at radius 2 is 1.95 bits per heavy atom. The van der Waals surface area contributed by atoms with Gasteiger partial charge >= 0.3 is 0 Å². The quantitative estimate of drug-likeness (QED) is 0.871. The molecule has 2 unspecified atom stereocenters. The predicted molar refractivity (Wildman–Crippen MR) is 85.0 cm³/mol. The van der Waals surface area contributed by atoms with E-state index in [0.29, 0.717) is 6.04 Å². The van der Waals surface area contributed by atoms with Gasteiger partial charge in [0.2, 0.25) is 5.91 Å². The molecule has 1 saturated heterocycles. The summed E-state index contributed by atoms with van der Waals surface area (Å²) in [5, 5.41) is 3.53. The first kappa shape index (κ1) is 14.4. The fraction of sp³-hybridized carbons (Fsp3) is 0.588. The van der Waals surface area contributed by atoms with Gasteiger partial charge in [-0.05, 0) is 50.3 Å². The summed E-state index contributed by atoms with van der Waals surface area (Å²) in [7, 11) is 0. The van der Waals surface area contributed by atoms with Gasteiger partial charge in [0.25, 0.3) is 0 Å². The first-order chi connectivity index (χ1) is 10.1. The van der Waals surface area contributed by atoms with Crippen LogP contribution in [0.2, 0.25) is 0 Å². The molecule has 1 heterocycles. The van der Waals surface area contributed by atoms with Gasteiger partial charge in [0.15, 0.2) is 0 Å². The van der Waals surface area contributed by atoms with Crippen LogP contribution in [-0.4, -0.2) is 24.5 Å². The molecule has 0 radical (unpaired) electrons. The van der Waals surface area contributed by atoms with Crippen LogP contribution in [0.1, 0.15) is 38.2 Å². The number of hydrogen-bond donors (Lipinski definition) is 2. The third-order valence-electron chi connectivity index (χ3n) is 4.72. The predicted octanol–water partition coefficient (Wildman–Crippen LogP) is 2.03. The van der Waals surface area contributed by atoms with Crippen LogP contribution in [0.15, 0.2) is 24.3 Å². The van der Waals surface area contributed by atoms with Crippen LogP contribution in [0.25, 0.3) is 0 Å². The van der Waals surface area contributed by atoms with Crippen LogP contribution in [-0.2, 0) is 11.3 Å². The van der Waals surface area contributed by atoms with E-state index in [1.807, 2.05) is 0 Å². The first-order valence-corrected chi connectivity index (χ1v) is 8.02. The molecule has 2 atom stereocenters. The summed E-state index contributed by atoms with van der Waals surface area (Å²) in [6.07, 6.45) is 4.57. The standard InChI is InChI=1S/C17H25N3O/c1-12-2-5-14(17(18)21)11-20(12)16-8-3-13(4-9-16)10-19-15-6-7-15/h3-4,8-9,12,14-15,19H,2,5-7,10-11H2,1H3,(H2,18,21). The topological polar surface area (TPSA) is 58.4 Å². The van der Waals surface area contributed by atoms with Crippen molar-refractivity contribution in [2.75, 3.05) is 11.4 Å². The molecule has 1 aliphatic carbocycles. The summed E-state index contributed by atoms with van der Waals surface area (Å²) < 4.78 is 0. The zero-order valence-electron chi connectivity index (χ0n) is 12.7. The Morgan fingerprint density at radius 1 is 1.24 bits per heavy atom. The van der Waals surface area contributed by atoms with E-state index in [1.165, 1.54) is 24.1 Å². The summed E-state index contributed by atoms with van der Waals surface area (Å²) in [5.74, 6) is -0.186. The number of hydrogen-bond acceptors (Lipinski definition) is 3. The molecule has 0 spiro atoms. The lowest BCUT2D eigenvalue weighted by Crippen LogP contribution is -2.45. The van der Waals surface area contributed by atoms with Crippen LogP contribution in [0.5, 0.6) is 0 Å². The van der Waals surface area contributed by atoms with Crippen LogP contribution >= 0.6 is 0 Å². The third kappa shape index (κ3) is 3.56. The Labute approximate surface area is 126 Å². The van der Waals surface area contributed by atoms with Crippen molar-refractivity contribution >= 4 is 11.6 Å². The molecule has 2 fully saturated rings. The summed E-state index contributed by atoms with van der Waals surface area (Å²) >= 11 is 0. The highest BCUT2D eigenvalue weighted by atomic mass is 16.1. The second-order valence-corrected chi connectivity index (χ2v) is 6.50. The fourth-order valence-corrected chi connectivity index (χ4v) is 3.05. The molecule has 3 N–H and O–H groups in total. The average molecular weight is 287 g/mol. The minimum atomic E-state index is -0.169. The molecule has 1 saturated carbocycles. The van der Waals surface area contributed by atoms with Gasteiger partial charge in [0.1, 0.15) is 0 Å². The maximum Gasteiger partial charge on any atom is 0.222 e. The van der Waals surface area contributed by atoms with Crippen molar-refractivity contribution < 1.29 is 4.79 Å². The number of primary amides is 1. The molecule has 0 bridgehead atoms. The highest BCUT2D eigenvalue weighted by molar-refractivity contribution is 5.77. The molecule has 2 aliphatic rings. The highest BCUT2D eigenvalue weighted by Gasteiger charge is 2.28. The number of benzene rings is 1. The lowest BCUT2D eigenvalue weighted by atomic mass is 9.92. The number of carbonyl (C=O) groups is 1. The zero-order valence-corrected chi connectivity index (χ0v) is 12.7. The normalized spacial score (nSPS) is 25.9. The molecule has 0 aromatic heterocycles. The van der Waals surface area contributed by atoms with E-state index < -0.39 is 0 Å². The number of rotatable bonds is 5. The maximum atomic E-state index is 11.4. The van der Waals surface area contributed by atoms with E-state index in [-0.39, 0.29) is 11.8 Å². The van der Waals surface area contributed by atoms with E-state index >= 15 is 0 Å². The number of amides is 1. The van der Waals surface area contributed by atoms with Crippen molar-refractivity contribution in [3.05, 3.63) is 29.8 Å². The Morgan fingerprint density at radius 3 is 2.57 bits per heavy atom.